The number of rotatable bonds is 3. The molecule has 6 heteroatoms. The molecule has 128 valence electrons. The summed E-state index contributed by atoms with van der Waals surface area (Å²) < 4.78 is 10.1. The van der Waals surface area contributed by atoms with E-state index in [4.69, 9.17) is 20.3 Å². The van der Waals surface area contributed by atoms with E-state index in [9.17, 15) is 4.79 Å². The van der Waals surface area contributed by atoms with Gasteiger partial charge in [-0.3, -0.25) is 4.79 Å². The average molecular weight is 327 g/mol. The van der Waals surface area contributed by atoms with Crippen LogP contribution in [0, 0.1) is 5.92 Å². The Morgan fingerprint density at radius 2 is 1.32 bits per heavy atom. The second kappa shape index (κ2) is 17.7. The molecular weight excluding hydrogens is 293 g/mol. The fourth-order valence-corrected chi connectivity index (χ4v) is 1.98. The Hall–Kier alpha value is 0.350. The monoisotopic (exact) mass is 327 g/mol. The van der Waals surface area contributed by atoms with Crippen molar-refractivity contribution in [3.8, 4) is 0 Å². The number of carboxylic acids is 1. The zero-order valence-electron chi connectivity index (χ0n) is 13.7. The normalized spacial score (nSPS) is 18.7. The van der Waals surface area contributed by atoms with Crippen LogP contribution in [0.1, 0.15) is 58.8 Å². The van der Waals surface area contributed by atoms with Gasteiger partial charge >= 0.3 is 35.5 Å². The molecule has 2 saturated heterocycles. The van der Waals surface area contributed by atoms with Crippen molar-refractivity contribution >= 4 is 35.5 Å². The van der Waals surface area contributed by atoms with Crippen molar-refractivity contribution in [2.75, 3.05) is 26.4 Å². The first-order chi connectivity index (χ1) is 10.0. The molecule has 22 heavy (non-hydrogen) atoms. The van der Waals surface area contributed by atoms with Crippen LogP contribution >= 0.6 is 0 Å². The summed E-state index contributed by atoms with van der Waals surface area (Å²) in [6, 6.07) is -0.690. The van der Waals surface area contributed by atoms with Crippen LogP contribution in [0.2, 0.25) is 0 Å². The molecule has 0 radical (unpaired) electrons. The van der Waals surface area contributed by atoms with Gasteiger partial charge in [0.1, 0.15) is 6.04 Å². The number of nitrogens with two attached hydrogens (primary N) is 1. The molecule has 5 nitrogen and oxygen atoms in total. The van der Waals surface area contributed by atoms with E-state index in [1.165, 1.54) is 38.5 Å². The molecule has 0 aromatic heterocycles. The Bertz CT molecular complexity index is 209. The van der Waals surface area contributed by atoms with Gasteiger partial charge < -0.3 is 20.3 Å². The van der Waals surface area contributed by atoms with Gasteiger partial charge in [-0.2, -0.15) is 0 Å². The molecule has 0 spiro atoms. The van der Waals surface area contributed by atoms with Gasteiger partial charge in [0.05, 0.1) is 0 Å². The maximum atomic E-state index is 10.1. The molecule has 2 heterocycles. The first-order valence-corrected chi connectivity index (χ1v) is 8.18. The van der Waals surface area contributed by atoms with E-state index in [0.29, 0.717) is 12.3 Å². The Morgan fingerprint density at radius 1 is 0.955 bits per heavy atom. The topological polar surface area (TPSA) is 81.8 Å². The third-order valence-corrected chi connectivity index (χ3v) is 3.20. The summed E-state index contributed by atoms with van der Waals surface area (Å²) in [5.41, 5.74) is 5.22. The molecule has 0 aromatic rings. The minimum atomic E-state index is -0.913. The van der Waals surface area contributed by atoms with Gasteiger partial charge in [-0.05, 0) is 50.9 Å². The van der Waals surface area contributed by atoms with E-state index in [-0.39, 0.29) is 29.6 Å². The molecule has 2 rings (SSSR count). The fourth-order valence-electron chi connectivity index (χ4n) is 1.98. The third-order valence-electron chi connectivity index (χ3n) is 3.20. The summed E-state index contributed by atoms with van der Waals surface area (Å²) in [5, 5.41) is 8.31. The quantitative estimate of drug-likeness (QED) is 0.776. The predicted molar refractivity (Wildman–Crippen MR) is 91.6 cm³/mol. The number of aliphatic carboxylic acids is 1. The van der Waals surface area contributed by atoms with Gasteiger partial charge in [0.15, 0.2) is 0 Å². The van der Waals surface area contributed by atoms with Crippen molar-refractivity contribution in [2.24, 2.45) is 11.7 Å². The van der Waals surface area contributed by atoms with Crippen molar-refractivity contribution in [3.63, 3.8) is 0 Å². The standard InChI is InChI=1S/C6H13NO2.2C5H10O.Na.H/c1-4(2)3-5(7)6(8)9;2*1-2-4-6-5-3-1;;/h4-5H,3,7H2,1-2H3,(H,8,9);2*1-5H2;;. The molecule has 0 aromatic carbocycles. The second-order valence-corrected chi connectivity index (χ2v) is 5.92. The fraction of sp³-hybridized carbons (Fsp3) is 0.938. The minimum absolute atomic E-state index is 0. The van der Waals surface area contributed by atoms with E-state index in [0.717, 1.165) is 26.4 Å². The van der Waals surface area contributed by atoms with Crippen LogP contribution in [-0.4, -0.2) is 73.1 Å². The van der Waals surface area contributed by atoms with Gasteiger partial charge in [0.25, 0.3) is 0 Å². The average Bonchev–Trinajstić information content (AvgIpc) is 2.51. The summed E-state index contributed by atoms with van der Waals surface area (Å²) in [4.78, 5) is 10.1. The number of carboxylic acid groups (broad SMARTS) is 1. The number of hydrogen-bond acceptors (Lipinski definition) is 4. The maximum absolute atomic E-state index is 10.1. The van der Waals surface area contributed by atoms with E-state index >= 15 is 0 Å². The van der Waals surface area contributed by atoms with E-state index in [1.807, 2.05) is 13.8 Å². The molecule has 1 unspecified atom stereocenters. The van der Waals surface area contributed by atoms with Crippen molar-refractivity contribution in [1.82, 2.24) is 0 Å². The van der Waals surface area contributed by atoms with E-state index in [1.54, 1.807) is 0 Å². The molecule has 1 atom stereocenters. The summed E-state index contributed by atoms with van der Waals surface area (Å²) in [7, 11) is 0. The molecule has 0 amide bonds. The van der Waals surface area contributed by atoms with Crippen molar-refractivity contribution in [3.05, 3.63) is 0 Å². The second-order valence-electron chi connectivity index (χ2n) is 5.92. The summed E-state index contributed by atoms with van der Waals surface area (Å²) in [6.45, 7) is 7.89. The molecule has 2 aliphatic heterocycles. The van der Waals surface area contributed by atoms with Crippen molar-refractivity contribution in [2.45, 2.75) is 64.8 Å². The molecule has 0 aliphatic carbocycles. The molecule has 0 saturated carbocycles. The van der Waals surface area contributed by atoms with Gasteiger partial charge in [-0.1, -0.05) is 13.8 Å². The number of hydrogen-bond donors (Lipinski definition) is 2. The van der Waals surface area contributed by atoms with Crippen LogP contribution in [0.25, 0.3) is 0 Å². The first-order valence-electron chi connectivity index (χ1n) is 8.18. The van der Waals surface area contributed by atoms with Crippen LogP contribution in [0.3, 0.4) is 0 Å². The molecule has 2 aliphatic rings. The van der Waals surface area contributed by atoms with Crippen LogP contribution in [-0.2, 0) is 14.3 Å². The van der Waals surface area contributed by atoms with Crippen molar-refractivity contribution < 1.29 is 19.4 Å². The van der Waals surface area contributed by atoms with Crippen LogP contribution in [0.5, 0.6) is 0 Å². The van der Waals surface area contributed by atoms with E-state index in [2.05, 4.69) is 0 Å². The van der Waals surface area contributed by atoms with Gasteiger partial charge in [-0.25, -0.2) is 0 Å². The molecule has 2 fully saturated rings. The molecular formula is C16H34NNaO4. The zero-order chi connectivity index (χ0) is 15.9. The summed E-state index contributed by atoms with van der Waals surface area (Å²) in [5.74, 6) is -0.556. The number of carbonyl (C=O) groups is 1. The Morgan fingerprint density at radius 3 is 1.41 bits per heavy atom. The van der Waals surface area contributed by atoms with Crippen LogP contribution in [0.4, 0.5) is 0 Å². The van der Waals surface area contributed by atoms with Gasteiger partial charge in [0.2, 0.25) is 0 Å². The SMILES string of the molecule is C1CCOCC1.C1CCOCC1.CC(C)CC(N)C(=O)O.[NaH]. The van der Waals surface area contributed by atoms with Crippen LogP contribution < -0.4 is 5.73 Å². The zero-order valence-corrected chi connectivity index (χ0v) is 13.7. The van der Waals surface area contributed by atoms with Gasteiger partial charge in [0, 0.05) is 26.4 Å². The van der Waals surface area contributed by atoms with Gasteiger partial charge in [-0.15, -0.1) is 0 Å². The summed E-state index contributed by atoms with van der Waals surface area (Å²) >= 11 is 0. The Balaban J connectivity index is 0. The number of ether oxygens (including phenoxy) is 2. The predicted octanol–water partition coefficient (Wildman–Crippen LogP) is 2.17. The first kappa shape index (κ1) is 24.6. The van der Waals surface area contributed by atoms with Crippen LogP contribution in [0.15, 0.2) is 0 Å². The Labute approximate surface area is 157 Å². The third kappa shape index (κ3) is 18.4. The van der Waals surface area contributed by atoms with Crippen molar-refractivity contribution in [1.29, 1.82) is 0 Å². The van der Waals surface area contributed by atoms with E-state index < -0.39 is 12.0 Å². The Kier molecular flexibility index (Phi) is 19.8. The summed E-state index contributed by atoms with van der Waals surface area (Å²) in [6.07, 6.45) is 8.41. The molecule has 0 bridgehead atoms. The molecule has 3 N–H and O–H groups in total.